The van der Waals surface area contributed by atoms with Crippen LogP contribution < -0.4 is 10.6 Å². The summed E-state index contributed by atoms with van der Waals surface area (Å²) in [4.78, 5) is 12.2. The third-order valence-electron chi connectivity index (χ3n) is 2.99. The SMILES string of the molecule is CCNc1nnc(C(=O)Nc2cccc3ccccc23)s1. The van der Waals surface area contributed by atoms with Crippen LogP contribution in [0.3, 0.4) is 0 Å². The molecule has 21 heavy (non-hydrogen) atoms. The van der Waals surface area contributed by atoms with Gasteiger partial charge in [0.1, 0.15) is 0 Å². The van der Waals surface area contributed by atoms with Gasteiger partial charge < -0.3 is 10.6 Å². The number of fused-ring (bicyclic) bond motifs is 1. The second-order valence-corrected chi connectivity index (χ2v) is 5.40. The van der Waals surface area contributed by atoms with E-state index in [1.165, 1.54) is 11.3 Å². The van der Waals surface area contributed by atoms with E-state index in [-0.39, 0.29) is 5.91 Å². The van der Waals surface area contributed by atoms with Crippen LogP contribution in [0.1, 0.15) is 16.7 Å². The number of benzene rings is 2. The minimum atomic E-state index is -0.243. The van der Waals surface area contributed by atoms with Gasteiger partial charge in [0.2, 0.25) is 10.1 Å². The molecule has 2 N–H and O–H groups in total. The lowest BCUT2D eigenvalue weighted by Crippen LogP contribution is -2.11. The summed E-state index contributed by atoms with van der Waals surface area (Å²) in [6.45, 7) is 2.72. The topological polar surface area (TPSA) is 66.9 Å². The second-order valence-electron chi connectivity index (χ2n) is 4.42. The fourth-order valence-electron chi connectivity index (χ4n) is 2.05. The smallest absolute Gasteiger partial charge is 0.286 e. The molecule has 0 saturated heterocycles. The van der Waals surface area contributed by atoms with Gasteiger partial charge in [0.15, 0.2) is 0 Å². The molecule has 5 nitrogen and oxygen atoms in total. The minimum Gasteiger partial charge on any atom is -0.360 e. The maximum absolute atomic E-state index is 12.2. The Morgan fingerprint density at radius 1 is 1.14 bits per heavy atom. The molecule has 0 fully saturated rings. The second kappa shape index (κ2) is 5.88. The summed E-state index contributed by atoms with van der Waals surface area (Å²) >= 11 is 1.24. The fraction of sp³-hybridized carbons (Fsp3) is 0.133. The Hall–Kier alpha value is -2.47. The standard InChI is InChI=1S/C15H14N4OS/c1-2-16-15-19-18-14(21-15)13(20)17-12-9-5-7-10-6-3-4-8-11(10)12/h3-9H,2H2,1H3,(H,16,19)(H,17,20). The predicted molar refractivity (Wildman–Crippen MR) is 86.0 cm³/mol. The van der Waals surface area contributed by atoms with Crippen LogP contribution in [0.2, 0.25) is 0 Å². The van der Waals surface area contributed by atoms with E-state index >= 15 is 0 Å². The molecular weight excluding hydrogens is 284 g/mol. The number of rotatable bonds is 4. The van der Waals surface area contributed by atoms with E-state index in [0.29, 0.717) is 10.1 Å². The summed E-state index contributed by atoms with van der Waals surface area (Å²) in [6, 6.07) is 13.7. The van der Waals surface area contributed by atoms with Gasteiger partial charge in [0.05, 0.1) is 0 Å². The Bertz CT molecular complexity index is 779. The molecule has 1 heterocycles. The molecule has 1 aromatic heterocycles. The molecule has 3 aromatic rings. The van der Waals surface area contributed by atoms with Gasteiger partial charge in [0, 0.05) is 17.6 Å². The number of carbonyl (C=O) groups excluding carboxylic acids is 1. The quantitative estimate of drug-likeness (QED) is 0.775. The maximum Gasteiger partial charge on any atom is 0.286 e. The summed E-state index contributed by atoms with van der Waals surface area (Å²) in [7, 11) is 0. The lowest BCUT2D eigenvalue weighted by molar-refractivity contribution is 0.102. The van der Waals surface area contributed by atoms with E-state index in [2.05, 4.69) is 20.8 Å². The van der Waals surface area contributed by atoms with Gasteiger partial charge in [-0.2, -0.15) is 0 Å². The number of hydrogen-bond acceptors (Lipinski definition) is 5. The van der Waals surface area contributed by atoms with Crippen molar-refractivity contribution in [1.82, 2.24) is 10.2 Å². The summed E-state index contributed by atoms with van der Waals surface area (Å²) in [5.41, 5.74) is 0.776. The highest BCUT2D eigenvalue weighted by Crippen LogP contribution is 2.24. The van der Waals surface area contributed by atoms with Gasteiger partial charge >= 0.3 is 0 Å². The summed E-state index contributed by atoms with van der Waals surface area (Å²) in [5, 5.41) is 16.9. The maximum atomic E-state index is 12.2. The molecule has 0 atom stereocenters. The van der Waals surface area contributed by atoms with Crippen molar-refractivity contribution in [2.24, 2.45) is 0 Å². The van der Waals surface area contributed by atoms with Crippen molar-refractivity contribution < 1.29 is 4.79 Å². The number of nitrogens with zero attached hydrogens (tertiary/aromatic N) is 2. The van der Waals surface area contributed by atoms with Crippen LogP contribution in [0.4, 0.5) is 10.8 Å². The number of hydrogen-bond donors (Lipinski definition) is 2. The molecule has 0 bridgehead atoms. The molecule has 0 spiro atoms. The Kier molecular flexibility index (Phi) is 3.79. The lowest BCUT2D eigenvalue weighted by Gasteiger charge is -2.06. The molecule has 0 radical (unpaired) electrons. The van der Waals surface area contributed by atoms with Crippen molar-refractivity contribution in [1.29, 1.82) is 0 Å². The van der Waals surface area contributed by atoms with Gasteiger partial charge in [-0.3, -0.25) is 4.79 Å². The van der Waals surface area contributed by atoms with Crippen LogP contribution in [0.25, 0.3) is 10.8 Å². The molecule has 0 unspecified atom stereocenters. The van der Waals surface area contributed by atoms with Gasteiger partial charge in [0.25, 0.3) is 5.91 Å². The Labute approximate surface area is 126 Å². The number of nitrogens with one attached hydrogen (secondary N) is 2. The van der Waals surface area contributed by atoms with Crippen LogP contribution in [-0.4, -0.2) is 22.6 Å². The molecule has 3 rings (SSSR count). The zero-order valence-corrected chi connectivity index (χ0v) is 12.3. The van der Waals surface area contributed by atoms with Crippen molar-refractivity contribution in [2.75, 3.05) is 17.2 Å². The summed E-state index contributed by atoms with van der Waals surface area (Å²) in [6.07, 6.45) is 0. The molecule has 0 aliphatic heterocycles. The lowest BCUT2D eigenvalue weighted by atomic mass is 10.1. The van der Waals surface area contributed by atoms with Crippen molar-refractivity contribution in [2.45, 2.75) is 6.92 Å². The predicted octanol–water partition coefficient (Wildman–Crippen LogP) is 3.38. The van der Waals surface area contributed by atoms with Gasteiger partial charge in [-0.05, 0) is 18.4 Å². The summed E-state index contributed by atoms with van der Waals surface area (Å²) in [5.74, 6) is -0.243. The number of amides is 1. The molecule has 0 aliphatic rings. The molecule has 1 amide bonds. The highest BCUT2D eigenvalue weighted by molar-refractivity contribution is 7.17. The van der Waals surface area contributed by atoms with Crippen molar-refractivity contribution >= 4 is 38.8 Å². The van der Waals surface area contributed by atoms with Crippen LogP contribution >= 0.6 is 11.3 Å². The first-order valence-corrected chi connectivity index (χ1v) is 7.46. The molecule has 0 aliphatic carbocycles. The van der Waals surface area contributed by atoms with E-state index < -0.39 is 0 Å². The minimum absolute atomic E-state index is 0.243. The zero-order chi connectivity index (χ0) is 14.7. The van der Waals surface area contributed by atoms with Crippen LogP contribution in [0.5, 0.6) is 0 Å². The number of aromatic nitrogens is 2. The normalized spacial score (nSPS) is 10.5. The molecular formula is C15H14N4OS. The monoisotopic (exact) mass is 298 g/mol. The fourth-order valence-corrected chi connectivity index (χ4v) is 2.75. The first-order chi connectivity index (χ1) is 10.3. The van der Waals surface area contributed by atoms with Crippen molar-refractivity contribution in [3.8, 4) is 0 Å². The van der Waals surface area contributed by atoms with E-state index in [0.717, 1.165) is 23.0 Å². The van der Waals surface area contributed by atoms with Gasteiger partial charge in [-0.25, -0.2) is 0 Å². The Morgan fingerprint density at radius 2 is 1.95 bits per heavy atom. The third-order valence-corrected chi connectivity index (χ3v) is 3.86. The largest absolute Gasteiger partial charge is 0.360 e. The van der Waals surface area contributed by atoms with E-state index in [1.54, 1.807) is 0 Å². The van der Waals surface area contributed by atoms with Crippen LogP contribution in [0, 0.1) is 0 Å². The van der Waals surface area contributed by atoms with Gasteiger partial charge in [-0.15, -0.1) is 10.2 Å². The molecule has 106 valence electrons. The van der Waals surface area contributed by atoms with Crippen molar-refractivity contribution in [3.63, 3.8) is 0 Å². The first kappa shape index (κ1) is 13.5. The van der Waals surface area contributed by atoms with E-state index in [9.17, 15) is 4.79 Å². The summed E-state index contributed by atoms with van der Waals surface area (Å²) < 4.78 is 0. The third kappa shape index (κ3) is 2.85. The van der Waals surface area contributed by atoms with E-state index in [4.69, 9.17) is 0 Å². The van der Waals surface area contributed by atoms with Crippen molar-refractivity contribution in [3.05, 3.63) is 47.5 Å². The average Bonchev–Trinajstić information content (AvgIpc) is 2.97. The first-order valence-electron chi connectivity index (χ1n) is 6.64. The molecule has 0 saturated carbocycles. The zero-order valence-electron chi connectivity index (χ0n) is 11.5. The highest BCUT2D eigenvalue weighted by atomic mass is 32.1. The molecule has 6 heteroatoms. The number of carbonyl (C=O) groups is 1. The molecule has 2 aromatic carbocycles. The van der Waals surface area contributed by atoms with Crippen LogP contribution in [-0.2, 0) is 0 Å². The average molecular weight is 298 g/mol. The van der Waals surface area contributed by atoms with Gasteiger partial charge in [-0.1, -0.05) is 47.7 Å². The Balaban J connectivity index is 1.85. The van der Waals surface area contributed by atoms with Crippen LogP contribution in [0.15, 0.2) is 42.5 Å². The van der Waals surface area contributed by atoms with E-state index in [1.807, 2.05) is 49.4 Å². The highest BCUT2D eigenvalue weighted by Gasteiger charge is 2.13. The Morgan fingerprint density at radius 3 is 2.81 bits per heavy atom. The number of anilines is 2.